The first-order chi connectivity index (χ1) is 8.22. The van der Waals surface area contributed by atoms with Crippen molar-refractivity contribution in [1.82, 2.24) is 0 Å². The summed E-state index contributed by atoms with van der Waals surface area (Å²) in [6.07, 6.45) is -4.36. The van der Waals surface area contributed by atoms with Crippen LogP contribution in [0.15, 0.2) is 22.7 Å². The molecule has 1 rings (SSSR count). The molecule has 0 heterocycles. The van der Waals surface area contributed by atoms with E-state index in [1.807, 2.05) is 0 Å². The zero-order valence-electron chi connectivity index (χ0n) is 9.41. The molecule has 1 aromatic carbocycles. The highest BCUT2D eigenvalue weighted by atomic mass is 79.9. The highest BCUT2D eigenvalue weighted by Gasteiger charge is 2.31. The smallest absolute Gasteiger partial charge is 0.377 e. The Bertz CT molecular complexity index is 419. The molecule has 0 amide bonds. The van der Waals surface area contributed by atoms with Crippen molar-refractivity contribution in [3.8, 4) is 0 Å². The van der Waals surface area contributed by atoms with Gasteiger partial charge in [0.05, 0.1) is 11.1 Å². The van der Waals surface area contributed by atoms with Crippen LogP contribution in [0.4, 0.5) is 18.9 Å². The van der Waals surface area contributed by atoms with Crippen molar-refractivity contribution < 1.29 is 13.2 Å². The van der Waals surface area contributed by atoms with Gasteiger partial charge in [-0.1, -0.05) is 0 Å². The number of alkyl halides is 5. The molecule has 7 heteroatoms. The summed E-state index contributed by atoms with van der Waals surface area (Å²) in [6, 6.07) is 3.38. The fourth-order valence-electron chi connectivity index (χ4n) is 1.22. The fourth-order valence-corrected chi connectivity index (χ4v) is 2.12. The number of hydrogen-bond acceptors (Lipinski definition) is 1. The van der Waals surface area contributed by atoms with Crippen LogP contribution in [0.25, 0.3) is 0 Å². The summed E-state index contributed by atoms with van der Waals surface area (Å²) >= 11 is 14.6. The van der Waals surface area contributed by atoms with E-state index >= 15 is 0 Å². The Kier molecular flexibility index (Phi) is 5.21. The molecular formula is C11H11BrCl2F3N. The molecule has 0 bridgehead atoms. The third-order valence-corrected chi connectivity index (χ3v) is 4.16. The van der Waals surface area contributed by atoms with E-state index in [9.17, 15) is 13.2 Å². The van der Waals surface area contributed by atoms with Crippen LogP contribution < -0.4 is 5.32 Å². The summed E-state index contributed by atoms with van der Waals surface area (Å²) in [5, 5.41) is 3.02. The number of benzene rings is 1. The summed E-state index contributed by atoms with van der Waals surface area (Å²) in [5.41, 5.74) is -0.768. The van der Waals surface area contributed by atoms with Gasteiger partial charge in [0.2, 0.25) is 0 Å². The van der Waals surface area contributed by atoms with E-state index in [1.54, 1.807) is 6.92 Å². The number of anilines is 1. The molecule has 0 spiro atoms. The minimum atomic E-state index is -4.36. The van der Waals surface area contributed by atoms with Crippen LogP contribution in [0, 0.1) is 0 Å². The van der Waals surface area contributed by atoms with E-state index in [0.717, 1.165) is 12.1 Å². The van der Waals surface area contributed by atoms with Crippen molar-refractivity contribution in [2.24, 2.45) is 0 Å². The second-order valence-corrected chi connectivity index (χ2v) is 5.53. The normalized spacial score (nSPS) is 12.6. The van der Waals surface area contributed by atoms with Gasteiger partial charge in [0, 0.05) is 21.9 Å². The molecular weight excluding hydrogens is 354 g/mol. The van der Waals surface area contributed by atoms with Crippen molar-refractivity contribution in [2.75, 3.05) is 17.1 Å². The quantitative estimate of drug-likeness (QED) is 0.731. The average Bonchev–Trinajstić information content (AvgIpc) is 2.30. The van der Waals surface area contributed by atoms with Crippen LogP contribution in [-0.2, 0) is 6.18 Å². The van der Waals surface area contributed by atoms with E-state index < -0.39 is 17.3 Å². The maximum Gasteiger partial charge on any atom is 0.416 e. The van der Waals surface area contributed by atoms with E-state index in [2.05, 4.69) is 21.2 Å². The first-order valence-electron chi connectivity index (χ1n) is 4.99. The summed E-state index contributed by atoms with van der Waals surface area (Å²) in [5.74, 6) is 0.480. The van der Waals surface area contributed by atoms with Gasteiger partial charge in [-0.3, -0.25) is 0 Å². The molecule has 0 aliphatic carbocycles. The number of halogens is 6. The minimum absolute atomic E-state index is 0.240. The third kappa shape index (κ3) is 3.93. The van der Waals surface area contributed by atoms with Crippen LogP contribution >= 0.6 is 39.1 Å². The van der Waals surface area contributed by atoms with Gasteiger partial charge in [-0.25, -0.2) is 0 Å². The number of nitrogens with one attached hydrogen (secondary N) is 1. The molecule has 18 heavy (non-hydrogen) atoms. The third-order valence-electron chi connectivity index (χ3n) is 2.32. The van der Waals surface area contributed by atoms with Crippen molar-refractivity contribution in [3.63, 3.8) is 0 Å². The topological polar surface area (TPSA) is 12.0 Å². The monoisotopic (exact) mass is 363 g/mol. The van der Waals surface area contributed by atoms with Crippen molar-refractivity contribution >= 4 is 44.8 Å². The second kappa shape index (κ2) is 5.88. The van der Waals surface area contributed by atoms with Crippen LogP contribution in [0.2, 0.25) is 0 Å². The Labute approximate surface area is 122 Å². The van der Waals surface area contributed by atoms with Gasteiger partial charge in [-0.15, -0.1) is 23.2 Å². The van der Waals surface area contributed by atoms with E-state index in [1.165, 1.54) is 6.07 Å². The lowest BCUT2D eigenvalue weighted by Gasteiger charge is -2.28. The minimum Gasteiger partial charge on any atom is -0.377 e. The molecule has 0 saturated carbocycles. The van der Waals surface area contributed by atoms with Crippen LogP contribution in [-0.4, -0.2) is 17.3 Å². The van der Waals surface area contributed by atoms with Gasteiger partial charge in [0.1, 0.15) is 0 Å². The predicted molar refractivity (Wildman–Crippen MR) is 72.6 cm³/mol. The van der Waals surface area contributed by atoms with Gasteiger partial charge >= 0.3 is 6.18 Å². The SMILES string of the molecule is CC(CCl)(CCl)Nc1ccc(C(F)(F)F)cc1Br. The van der Waals surface area contributed by atoms with Crippen LogP contribution in [0.3, 0.4) is 0 Å². The highest BCUT2D eigenvalue weighted by Crippen LogP contribution is 2.35. The first-order valence-corrected chi connectivity index (χ1v) is 6.85. The lowest BCUT2D eigenvalue weighted by Crippen LogP contribution is -2.38. The zero-order valence-corrected chi connectivity index (χ0v) is 12.5. The molecule has 102 valence electrons. The van der Waals surface area contributed by atoms with E-state index in [4.69, 9.17) is 23.2 Å². The summed E-state index contributed by atoms with van der Waals surface area (Å²) in [7, 11) is 0. The Morgan fingerprint density at radius 1 is 1.22 bits per heavy atom. The van der Waals surface area contributed by atoms with Crippen LogP contribution in [0.1, 0.15) is 12.5 Å². The van der Waals surface area contributed by atoms with Gasteiger partial charge in [-0.2, -0.15) is 13.2 Å². The highest BCUT2D eigenvalue weighted by molar-refractivity contribution is 9.10. The molecule has 1 aromatic rings. The van der Waals surface area contributed by atoms with Crippen molar-refractivity contribution in [2.45, 2.75) is 18.6 Å². The summed E-state index contributed by atoms with van der Waals surface area (Å²) < 4.78 is 37.8. The van der Waals surface area contributed by atoms with E-state index in [0.29, 0.717) is 10.2 Å². The first kappa shape index (κ1) is 15.9. The summed E-state index contributed by atoms with van der Waals surface area (Å²) in [6.45, 7) is 1.79. The molecule has 0 unspecified atom stereocenters. The molecule has 0 aliphatic heterocycles. The average molecular weight is 365 g/mol. The second-order valence-electron chi connectivity index (χ2n) is 4.15. The largest absolute Gasteiger partial charge is 0.416 e. The maximum atomic E-state index is 12.5. The standard InChI is InChI=1S/C11H11BrCl2F3N/c1-10(5-13,6-14)18-9-3-2-7(4-8(9)12)11(15,16)17/h2-4,18H,5-6H2,1H3. The maximum absolute atomic E-state index is 12.5. The Morgan fingerprint density at radius 2 is 1.78 bits per heavy atom. The predicted octanol–water partition coefficient (Wildman–Crippen LogP) is 5.12. The lowest BCUT2D eigenvalue weighted by atomic mass is 10.1. The molecule has 0 saturated heterocycles. The van der Waals surface area contributed by atoms with Crippen molar-refractivity contribution in [3.05, 3.63) is 28.2 Å². The number of hydrogen-bond donors (Lipinski definition) is 1. The van der Waals surface area contributed by atoms with Gasteiger partial charge in [-0.05, 0) is 41.1 Å². The Hall–Kier alpha value is -0.130. The Balaban J connectivity index is 3.00. The molecule has 0 radical (unpaired) electrons. The molecule has 0 aromatic heterocycles. The van der Waals surface area contributed by atoms with Gasteiger partial charge in [0.15, 0.2) is 0 Å². The number of rotatable bonds is 4. The van der Waals surface area contributed by atoms with Crippen LogP contribution in [0.5, 0.6) is 0 Å². The molecule has 0 fully saturated rings. The van der Waals surface area contributed by atoms with E-state index in [-0.39, 0.29) is 11.8 Å². The van der Waals surface area contributed by atoms with Gasteiger partial charge in [0.25, 0.3) is 0 Å². The Morgan fingerprint density at radius 3 is 2.17 bits per heavy atom. The lowest BCUT2D eigenvalue weighted by molar-refractivity contribution is -0.137. The molecule has 0 aliphatic rings. The fraction of sp³-hybridized carbons (Fsp3) is 0.455. The molecule has 0 atom stereocenters. The van der Waals surface area contributed by atoms with Crippen molar-refractivity contribution in [1.29, 1.82) is 0 Å². The molecule has 1 N–H and O–H groups in total. The van der Waals surface area contributed by atoms with Gasteiger partial charge < -0.3 is 5.32 Å². The molecule has 1 nitrogen and oxygen atoms in total. The summed E-state index contributed by atoms with van der Waals surface area (Å²) in [4.78, 5) is 0. The zero-order chi connectivity index (χ0) is 14.0.